The predicted molar refractivity (Wildman–Crippen MR) is 79.3 cm³/mol. The molecule has 0 aliphatic carbocycles. The van der Waals surface area contributed by atoms with Crippen LogP contribution in [0.1, 0.15) is 11.1 Å². The SMILES string of the molecule is Cc1ccccc1Oc1ccccc1C.OCC1CO1. The molecular formula is C17H20O3. The van der Waals surface area contributed by atoms with Gasteiger partial charge < -0.3 is 14.6 Å². The predicted octanol–water partition coefficient (Wildman–Crippen LogP) is 3.47. The van der Waals surface area contributed by atoms with Crippen molar-refractivity contribution in [1.29, 1.82) is 0 Å². The summed E-state index contributed by atoms with van der Waals surface area (Å²) in [5.74, 6) is 1.85. The summed E-state index contributed by atoms with van der Waals surface area (Å²) in [5.41, 5.74) is 2.31. The van der Waals surface area contributed by atoms with Gasteiger partial charge in [-0.1, -0.05) is 36.4 Å². The molecular weight excluding hydrogens is 252 g/mol. The molecule has 3 rings (SSSR count). The van der Waals surface area contributed by atoms with Crippen molar-refractivity contribution in [2.45, 2.75) is 20.0 Å². The van der Waals surface area contributed by atoms with Crippen LogP contribution in [0.25, 0.3) is 0 Å². The van der Waals surface area contributed by atoms with Crippen LogP contribution in [-0.2, 0) is 4.74 Å². The zero-order chi connectivity index (χ0) is 14.4. The standard InChI is InChI=1S/C14H14O.C3H6O2/c1-11-7-3-5-9-13(11)15-14-10-6-4-8-12(14)2;4-1-3-2-5-3/h3-10H,1-2H3;3-4H,1-2H2. The van der Waals surface area contributed by atoms with Crippen LogP contribution in [0.2, 0.25) is 0 Å². The fraction of sp³-hybridized carbons (Fsp3) is 0.294. The van der Waals surface area contributed by atoms with E-state index < -0.39 is 0 Å². The number of epoxide rings is 1. The van der Waals surface area contributed by atoms with Crippen molar-refractivity contribution >= 4 is 0 Å². The number of ether oxygens (including phenoxy) is 2. The van der Waals surface area contributed by atoms with E-state index >= 15 is 0 Å². The van der Waals surface area contributed by atoms with E-state index in [-0.39, 0.29) is 12.7 Å². The van der Waals surface area contributed by atoms with Crippen LogP contribution in [0.15, 0.2) is 48.5 Å². The second-order valence-corrected chi connectivity index (χ2v) is 4.77. The van der Waals surface area contributed by atoms with E-state index in [2.05, 4.69) is 4.74 Å². The molecule has 2 aromatic rings. The lowest BCUT2D eigenvalue weighted by Gasteiger charge is -2.10. The summed E-state index contributed by atoms with van der Waals surface area (Å²) in [7, 11) is 0. The zero-order valence-electron chi connectivity index (χ0n) is 11.9. The monoisotopic (exact) mass is 272 g/mol. The molecule has 1 aliphatic heterocycles. The maximum absolute atomic E-state index is 8.08. The number of aryl methyl sites for hydroxylation is 2. The van der Waals surface area contributed by atoms with Gasteiger partial charge in [-0.25, -0.2) is 0 Å². The Hall–Kier alpha value is -1.84. The van der Waals surface area contributed by atoms with Gasteiger partial charge in [-0.15, -0.1) is 0 Å². The average Bonchev–Trinajstić information content (AvgIpc) is 3.28. The Morgan fingerprint density at radius 2 is 1.45 bits per heavy atom. The highest BCUT2D eigenvalue weighted by Gasteiger charge is 2.19. The first-order chi connectivity index (χ1) is 9.70. The number of para-hydroxylation sites is 2. The first-order valence-electron chi connectivity index (χ1n) is 6.72. The minimum absolute atomic E-state index is 0.190. The van der Waals surface area contributed by atoms with E-state index in [0.717, 1.165) is 29.2 Å². The molecule has 0 saturated carbocycles. The molecule has 1 aliphatic rings. The van der Waals surface area contributed by atoms with Crippen LogP contribution in [0.4, 0.5) is 0 Å². The van der Waals surface area contributed by atoms with Gasteiger partial charge >= 0.3 is 0 Å². The van der Waals surface area contributed by atoms with E-state index in [4.69, 9.17) is 9.84 Å². The fourth-order valence-electron chi connectivity index (χ4n) is 1.63. The molecule has 1 N–H and O–H groups in total. The number of benzene rings is 2. The number of hydrogen-bond acceptors (Lipinski definition) is 3. The van der Waals surface area contributed by atoms with E-state index in [1.165, 1.54) is 0 Å². The summed E-state index contributed by atoms with van der Waals surface area (Å²) in [6.45, 7) is 5.05. The van der Waals surface area contributed by atoms with Crippen LogP contribution in [-0.4, -0.2) is 24.4 Å². The summed E-state index contributed by atoms with van der Waals surface area (Å²) < 4.78 is 10.4. The molecule has 0 spiro atoms. The highest BCUT2D eigenvalue weighted by atomic mass is 16.6. The Morgan fingerprint density at radius 3 is 1.75 bits per heavy atom. The quantitative estimate of drug-likeness (QED) is 0.870. The fourth-order valence-corrected chi connectivity index (χ4v) is 1.63. The highest BCUT2D eigenvalue weighted by molar-refractivity contribution is 5.40. The lowest BCUT2D eigenvalue weighted by molar-refractivity contribution is 0.244. The van der Waals surface area contributed by atoms with Crippen LogP contribution >= 0.6 is 0 Å². The Morgan fingerprint density at radius 1 is 1.00 bits per heavy atom. The Kier molecular flexibility index (Phi) is 5.16. The summed E-state index contributed by atoms with van der Waals surface area (Å²) in [6, 6.07) is 16.1. The van der Waals surface area contributed by atoms with Gasteiger partial charge in [0.1, 0.15) is 17.6 Å². The number of aliphatic hydroxyl groups is 1. The normalized spacial score (nSPS) is 16.1. The molecule has 1 atom stereocenters. The van der Waals surface area contributed by atoms with Crippen LogP contribution in [0, 0.1) is 13.8 Å². The molecule has 0 amide bonds. The summed E-state index contributed by atoms with van der Waals surface area (Å²) in [5, 5.41) is 8.08. The first-order valence-corrected chi connectivity index (χ1v) is 6.72. The smallest absolute Gasteiger partial charge is 0.130 e. The summed E-state index contributed by atoms with van der Waals surface area (Å²) in [6.07, 6.45) is 0.190. The van der Waals surface area contributed by atoms with Crippen molar-refractivity contribution in [3.8, 4) is 11.5 Å². The van der Waals surface area contributed by atoms with Crippen LogP contribution in [0.5, 0.6) is 11.5 Å². The second-order valence-electron chi connectivity index (χ2n) is 4.77. The minimum atomic E-state index is 0.190. The summed E-state index contributed by atoms with van der Waals surface area (Å²) >= 11 is 0. The van der Waals surface area contributed by atoms with Gasteiger partial charge in [0.2, 0.25) is 0 Å². The van der Waals surface area contributed by atoms with Gasteiger partial charge in [0.15, 0.2) is 0 Å². The van der Waals surface area contributed by atoms with Crippen molar-refractivity contribution in [2.24, 2.45) is 0 Å². The lowest BCUT2D eigenvalue weighted by Crippen LogP contribution is -1.88. The maximum Gasteiger partial charge on any atom is 0.130 e. The molecule has 106 valence electrons. The van der Waals surface area contributed by atoms with Gasteiger partial charge in [0.05, 0.1) is 13.2 Å². The number of rotatable bonds is 3. The number of aliphatic hydroxyl groups excluding tert-OH is 1. The largest absolute Gasteiger partial charge is 0.457 e. The van der Waals surface area contributed by atoms with Gasteiger partial charge in [-0.2, -0.15) is 0 Å². The third-order valence-corrected chi connectivity index (χ3v) is 3.01. The van der Waals surface area contributed by atoms with Gasteiger partial charge in [-0.3, -0.25) is 0 Å². The molecule has 3 nitrogen and oxygen atoms in total. The number of hydrogen-bond donors (Lipinski definition) is 1. The Bertz CT molecular complexity index is 504. The lowest BCUT2D eigenvalue weighted by atomic mass is 10.2. The average molecular weight is 272 g/mol. The van der Waals surface area contributed by atoms with Gasteiger partial charge in [-0.05, 0) is 37.1 Å². The third-order valence-electron chi connectivity index (χ3n) is 3.01. The van der Waals surface area contributed by atoms with E-state index in [1.54, 1.807) is 0 Å². The van der Waals surface area contributed by atoms with Crippen molar-refractivity contribution in [2.75, 3.05) is 13.2 Å². The van der Waals surface area contributed by atoms with Crippen LogP contribution in [0.3, 0.4) is 0 Å². The molecule has 1 heterocycles. The molecule has 0 bridgehead atoms. The topological polar surface area (TPSA) is 42.0 Å². The molecule has 20 heavy (non-hydrogen) atoms. The van der Waals surface area contributed by atoms with Crippen LogP contribution < -0.4 is 4.74 Å². The maximum atomic E-state index is 8.08. The molecule has 0 radical (unpaired) electrons. The molecule has 2 aromatic carbocycles. The minimum Gasteiger partial charge on any atom is -0.457 e. The van der Waals surface area contributed by atoms with Crippen molar-refractivity contribution < 1.29 is 14.6 Å². The van der Waals surface area contributed by atoms with Gasteiger partial charge in [0, 0.05) is 0 Å². The van der Waals surface area contributed by atoms with E-state index in [1.807, 2.05) is 62.4 Å². The molecule has 1 saturated heterocycles. The molecule has 1 fully saturated rings. The van der Waals surface area contributed by atoms with Crippen molar-refractivity contribution in [1.82, 2.24) is 0 Å². The van der Waals surface area contributed by atoms with Crippen molar-refractivity contribution in [3.63, 3.8) is 0 Å². The zero-order valence-corrected chi connectivity index (χ0v) is 11.9. The first kappa shape index (κ1) is 14.6. The Labute approximate surface area is 119 Å². The summed E-state index contributed by atoms with van der Waals surface area (Å²) in [4.78, 5) is 0. The molecule has 1 unspecified atom stereocenters. The van der Waals surface area contributed by atoms with Crippen molar-refractivity contribution in [3.05, 3.63) is 59.7 Å². The van der Waals surface area contributed by atoms with Gasteiger partial charge in [0.25, 0.3) is 0 Å². The second kappa shape index (κ2) is 7.08. The van der Waals surface area contributed by atoms with E-state index in [0.29, 0.717) is 0 Å². The Balaban J connectivity index is 0.000000247. The highest BCUT2D eigenvalue weighted by Crippen LogP contribution is 2.26. The third kappa shape index (κ3) is 4.37. The van der Waals surface area contributed by atoms with E-state index in [9.17, 15) is 0 Å². The molecule has 0 aromatic heterocycles. The molecule has 3 heteroatoms.